The lowest BCUT2D eigenvalue weighted by atomic mass is 10.2. The SMILES string of the molecule is CN1CCC[C@@H]1COc1cnc(Cl)c(/C=C/c2ccncc2)c1. The van der Waals surface area contributed by atoms with Gasteiger partial charge in [-0.15, -0.1) is 0 Å². The van der Waals surface area contributed by atoms with Crippen LogP contribution in [-0.4, -0.2) is 41.1 Å². The normalized spacial score (nSPS) is 18.6. The van der Waals surface area contributed by atoms with E-state index in [2.05, 4.69) is 21.9 Å². The van der Waals surface area contributed by atoms with Crippen molar-refractivity contribution in [3.8, 4) is 5.75 Å². The highest BCUT2D eigenvalue weighted by atomic mass is 35.5. The van der Waals surface area contributed by atoms with Crippen LogP contribution in [0.3, 0.4) is 0 Å². The Morgan fingerprint density at radius 2 is 2.17 bits per heavy atom. The largest absolute Gasteiger partial charge is 0.490 e. The van der Waals surface area contributed by atoms with Gasteiger partial charge in [0.15, 0.2) is 0 Å². The van der Waals surface area contributed by atoms with Gasteiger partial charge in [0.1, 0.15) is 17.5 Å². The van der Waals surface area contributed by atoms with E-state index >= 15 is 0 Å². The molecule has 4 nitrogen and oxygen atoms in total. The van der Waals surface area contributed by atoms with Gasteiger partial charge in [-0.25, -0.2) is 4.98 Å². The number of ether oxygens (including phenoxy) is 1. The first-order chi connectivity index (χ1) is 11.2. The number of nitrogens with zero attached hydrogens (tertiary/aromatic N) is 3. The Kier molecular flexibility index (Phi) is 5.26. The molecule has 2 aromatic rings. The van der Waals surface area contributed by atoms with Crippen LogP contribution >= 0.6 is 11.6 Å². The predicted molar refractivity (Wildman–Crippen MR) is 93.6 cm³/mol. The molecule has 0 aliphatic carbocycles. The first-order valence-electron chi connectivity index (χ1n) is 7.79. The Hall–Kier alpha value is -1.91. The summed E-state index contributed by atoms with van der Waals surface area (Å²) in [4.78, 5) is 10.6. The average Bonchev–Trinajstić information content (AvgIpc) is 2.99. The zero-order valence-electron chi connectivity index (χ0n) is 13.2. The van der Waals surface area contributed by atoms with Gasteiger partial charge < -0.3 is 9.64 Å². The molecule has 0 saturated carbocycles. The van der Waals surface area contributed by atoms with Crippen LogP contribution in [-0.2, 0) is 0 Å². The van der Waals surface area contributed by atoms with Crippen molar-refractivity contribution in [2.45, 2.75) is 18.9 Å². The fraction of sp³-hybridized carbons (Fsp3) is 0.333. The van der Waals surface area contributed by atoms with Crippen LogP contribution in [0.15, 0.2) is 36.8 Å². The van der Waals surface area contributed by atoms with Crippen molar-refractivity contribution in [2.75, 3.05) is 20.2 Å². The maximum Gasteiger partial charge on any atom is 0.138 e. The van der Waals surface area contributed by atoms with Crippen molar-refractivity contribution >= 4 is 23.8 Å². The number of pyridine rings is 2. The van der Waals surface area contributed by atoms with E-state index in [9.17, 15) is 0 Å². The molecule has 1 aliphatic rings. The first kappa shape index (κ1) is 16.0. The highest BCUT2D eigenvalue weighted by Gasteiger charge is 2.21. The third-order valence-electron chi connectivity index (χ3n) is 4.12. The molecule has 0 N–H and O–H groups in total. The molecule has 0 spiro atoms. The Balaban J connectivity index is 1.67. The minimum atomic E-state index is 0.473. The number of halogens is 1. The molecule has 1 fully saturated rings. The second kappa shape index (κ2) is 7.57. The number of aromatic nitrogens is 2. The third kappa shape index (κ3) is 4.30. The van der Waals surface area contributed by atoms with E-state index in [0.717, 1.165) is 23.4 Å². The average molecular weight is 330 g/mol. The van der Waals surface area contributed by atoms with Crippen molar-refractivity contribution < 1.29 is 4.74 Å². The zero-order chi connectivity index (χ0) is 16.1. The minimum Gasteiger partial charge on any atom is -0.490 e. The summed E-state index contributed by atoms with van der Waals surface area (Å²) in [5.74, 6) is 0.754. The van der Waals surface area contributed by atoms with Crippen molar-refractivity contribution in [3.63, 3.8) is 0 Å². The van der Waals surface area contributed by atoms with Gasteiger partial charge in [0.25, 0.3) is 0 Å². The summed E-state index contributed by atoms with van der Waals surface area (Å²) >= 11 is 6.17. The number of hydrogen-bond donors (Lipinski definition) is 0. The van der Waals surface area contributed by atoms with E-state index in [1.165, 1.54) is 12.8 Å². The molecule has 0 radical (unpaired) electrons. The second-order valence-electron chi connectivity index (χ2n) is 5.75. The number of hydrogen-bond acceptors (Lipinski definition) is 4. The van der Waals surface area contributed by atoms with Crippen LogP contribution in [0.1, 0.15) is 24.0 Å². The lowest BCUT2D eigenvalue weighted by Gasteiger charge is -2.19. The van der Waals surface area contributed by atoms with Gasteiger partial charge in [-0.1, -0.05) is 23.8 Å². The number of likely N-dealkylation sites (tertiary alicyclic amines) is 1. The van der Waals surface area contributed by atoms with Gasteiger partial charge in [-0.05, 0) is 50.2 Å². The lowest BCUT2D eigenvalue weighted by Crippen LogP contribution is -2.30. The van der Waals surface area contributed by atoms with Crippen LogP contribution in [0.25, 0.3) is 12.2 Å². The summed E-state index contributed by atoms with van der Waals surface area (Å²) in [6.45, 7) is 1.83. The summed E-state index contributed by atoms with van der Waals surface area (Å²) in [7, 11) is 2.14. The molecule has 0 amide bonds. The molecule has 0 bridgehead atoms. The number of rotatable bonds is 5. The first-order valence-corrected chi connectivity index (χ1v) is 8.17. The Morgan fingerprint density at radius 3 is 2.91 bits per heavy atom. The van der Waals surface area contributed by atoms with E-state index < -0.39 is 0 Å². The smallest absolute Gasteiger partial charge is 0.138 e. The van der Waals surface area contributed by atoms with E-state index in [1.807, 2.05) is 30.4 Å². The molecule has 1 saturated heterocycles. The highest BCUT2D eigenvalue weighted by Crippen LogP contribution is 2.23. The van der Waals surface area contributed by atoms with Crippen molar-refractivity contribution in [1.82, 2.24) is 14.9 Å². The van der Waals surface area contributed by atoms with Gasteiger partial charge in [-0.3, -0.25) is 4.98 Å². The van der Waals surface area contributed by atoms with E-state index in [1.54, 1.807) is 18.6 Å². The summed E-state index contributed by atoms with van der Waals surface area (Å²) in [5, 5.41) is 0.473. The van der Waals surface area contributed by atoms with E-state index in [0.29, 0.717) is 17.8 Å². The highest BCUT2D eigenvalue weighted by molar-refractivity contribution is 6.31. The maximum absolute atomic E-state index is 6.17. The molecule has 1 atom stereocenters. The molecular weight excluding hydrogens is 310 g/mol. The standard InChI is InChI=1S/C18H20ClN3O/c1-22-10-2-3-16(22)13-23-17-11-15(18(19)21-12-17)5-4-14-6-8-20-9-7-14/h4-9,11-12,16H,2-3,10,13H2,1H3/b5-4+/t16-/m1/s1. The molecule has 23 heavy (non-hydrogen) atoms. The second-order valence-corrected chi connectivity index (χ2v) is 6.11. The van der Waals surface area contributed by atoms with Crippen molar-refractivity contribution in [2.24, 2.45) is 0 Å². The molecule has 0 unspecified atom stereocenters. The fourth-order valence-electron chi connectivity index (χ4n) is 2.68. The predicted octanol–water partition coefficient (Wildman–Crippen LogP) is 3.77. The zero-order valence-corrected chi connectivity index (χ0v) is 13.9. The summed E-state index contributed by atoms with van der Waals surface area (Å²) in [6, 6.07) is 6.30. The van der Waals surface area contributed by atoms with Crippen LogP contribution < -0.4 is 4.74 Å². The van der Waals surface area contributed by atoms with E-state index in [4.69, 9.17) is 16.3 Å². The maximum atomic E-state index is 6.17. The van der Waals surface area contributed by atoms with Gasteiger partial charge in [0.2, 0.25) is 0 Å². The van der Waals surface area contributed by atoms with Crippen LogP contribution in [0.4, 0.5) is 0 Å². The van der Waals surface area contributed by atoms with Crippen molar-refractivity contribution in [1.29, 1.82) is 0 Å². The third-order valence-corrected chi connectivity index (χ3v) is 4.43. The summed E-state index contributed by atoms with van der Waals surface area (Å²) in [5.41, 5.74) is 1.91. The molecule has 1 aliphatic heterocycles. The van der Waals surface area contributed by atoms with Gasteiger partial charge in [0.05, 0.1) is 6.20 Å². The quantitative estimate of drug-likeness (QED) is 0.783. The van der Waals surface area contributed by atoms with Crippen LogP contribution in [0.5, 0.6) is 5.75 Å². The minimum absolute atomic E-state index is 0.473. The molecule has 120 valence electrons. The Labute approximate surface area is 141 Å². The van der Waals surface area contributed by atoms with Gasteiger partial charge in [-0.2, -0.15) is 0 Å². The van der Waals surface area contributed by atoms with Crippen molar-refractivity contribution in [3.05, 3.63) is 53.1 Å². The molecule has 5 heteroatoms. The monoisotopic (exact) mass is 329 g/mol. The fourth-order valence-corrected chi connectivity index (χ4v) is 2.85. The molecule has 2 aromatic heterocycles. The van der Waals surface area contributed by atoms with Crippen LogP contribution in [0.2, 0.25) is 5.15 Å². The van der Waals surface area contributed by atoms with E-state index in [-0.39, 0.29) is 0 Å². The summed E-state index contributed by atoms with van der Waals surface area (Å²) in [6.07, 6.45) is 11.6. The summed E-state index contributed by atoms with van der Waals surface area (Å²) < 4.78 is 5.90. The van der Waals surface area contributed by atoms with Gasteiger partial charge in [0, 0.05) is 24.0 Å². The molecular formula is C18H20ClN3O. The van der Waals surface area contributed by atoms with Gasteiger partial charge >= 0.3 is 0 Å². The topological polar surface area (TPSA) is 38.2 Å². The molecule has 3 heterocycles. The van der Waals surface area contributed by atoms with Crippen LogP contribution in [0, 0.1) is 0 Å². The molecule has 0 aromatic carbocycles. The Morgan fingerprint density at radius 1 is 1.35 bits per heavy atom. The lowest BCUT2D eigenvalue weighted by molar-refractivity contribution is 0.198. The molecule has 3 rings (SSSR count). The Bertz CT molecular complexity index is 675. The number of likely N-dealkylation sites (N-methyl/N-ethyl adjacent to an activating group) is 1.